The topological polar surface area (TPSA) is 46.3 Å². The Morgan fingerprint density at radius 1 is 1.40 bits per heavy atom. The first-order valence-electron chi connectivity index (χ1n) is 7.22. The zero-order valence-corrected chi connectivity index (χ0v) is 13.1. The Morgan fingerprint density at radius 2 is 2.05 bits per heavy atom. The highest BCUT2D eigenvalue weighted by Gasteiger charge is 2.30. The fourth-order valence-electron chi connectivity index (χ4n) is 2.82. The fourth-order valence-corrected chi connectivity index (χ4v) is 2.82. The van der Waals surface area contributed by atoms with Crippen molar-refractivity contribution in [2.24, 2.45) is 11.7 Å². The van der Waals surface area contributed by atoms with Crippen molar-refractivity contribution < 1.29 is 4.79 Å². The first kappa shape index (κ1) is 17.0. The molecule has 112 valence electrons. The van der Waals surface area contributed by atoms with Gasteiger partial charge in [-0.3, -0.25) is 4.79 Å². The van der Waals surface area contributed by atoms with E-state index in [2.05, 4.69) is 13.8 Å². The summed E-state index contributed by atoms with van der Waals surface area (Å²) in [6.07, 6.45) is 1.76. The van der Waals surface area contributed by atoms with Gasteiger partial charge in [0.25, 0.3) is 0 Å². The van der Waals surface area contributed by atoms with Crippen LogP contribution < -0.4 is 5.73 Å². The Kier molecular flexibility index (Phi) is 6.50. The summed E-state index contributed by atoms with van der Waals surface area (Å²) in [7, 11) is 0. The van der Waals surface area contributed by atoms with E-state index in [1.54, 1.807) is 0 Å². The maximum absolute atomic E-state index is 12.7. The normalized spacial score (nSPS) is 23.9. The lowest BCUT2D eigenvalue weighted by Crippen LogP contribution is -2.49. The molecule has 20 heavy (non-hydrogen) atoms. The van der Waals surface area contributed by atoms with E-state index in [1.807, 2.05) is 35.2 Å². The number of rotatable bonds is 3. The number of amides is 1. The molecule has 0 saturated carbocycles. The highest BCUT2D eigenvalue weighted by molar-refractivity contribution is 5.85. The molecule has 0 radical (unpaired) electrons. The molecule has 0 aromatic heterocycles. The maximum atomic E-state index is 12.7. The lowest BCUT2D eigenvalue weighted by Gasteiger charge is -2.37. The molecule has 2 rings (SSSR count). The highest BCUT2D eigenvalue weighted by atomic mass is 35.5. The summed E-state index contributed by atoms with van der Waals surface area (Å²) >= 11 is 0. The van der Waals surface area contributed by atoms with Crippen LogP contribution in [0.1, 0.15) is 38.2 Å². The van der Waals surface area contributed by atoms with Gasteiger partial charge in [0, 0.05) is 19.1 Å². The van der Waals surface area contributed by atoms with Gasteiger partial charge >= 0.3 is 0 Å². The zero-order valence-electron chi connectivity index (χ0n) is 12.3. The minimum Gasteiger partial charge on any atom is -0.342 e. The summed E-state index contributed by atoms with van der Waals surface area (Å²) in [5.74, 6) is 0.640. The number of likely N-dealkylation sites (tertiary alicyclic amines) is 1. The molecule has 0 bridgehead atoms. The van der Waals surface area contributed by atoms with Crippen molar-refractivity contribution in [2.75, 3.05) is 13.1 Å². The number of halogens is 1. The summed E-state index contributed by atoms with van der Waals surface area (Å²) in [6.45, 7) is 5.80. The molecule has 1 aromatic rings. The van der Waals surface area contributed by atoms with E-state index in [0.29, 0.717) is 5.92 Å². The first-order valence-corrected chi connectivity index (χ1v) is 7.22. The van der Waals surface area contributed by atoms with E-state index in [0.717, 1.165) is 31.5 Å². The number of nitrogens with zero attached hydrogens (tertiary/aromatic N) is 1. The average molecular weight is 297 g/mol. The monoisotopic (exact) mass is 296 g/mol. The lowest BCUT2D eigenvalue weighted by molar-refractivity contribution is -0.134. The average Bonchev–Trinajstić information content (AvgIpc) is 2.44. The van der Waals surface area contributed by atoms with Crippen LogP contribution in [0.5, 0.6) is 0 Å². The van der Waals surface area contributed by atoms with Gasteiger partial charge in [0.2, 0.25) is 5.91 Å². The Morgan fingerprint density at radius 3 is 2.60 bits per heavy atom. The molecular weight excluding hydrogens is 272 g/mol. The van der Waals surface area contributed by atoms with E-state index in [1.165, 1.54) is 0 Å². The molecule has 3 nitrogen and oxygen atoms in total. The molecule has 0 spiro atoms. The number of carbonyl (C=O) groups is 1. The molecule has 1 amide bonds. The third-order valence-corrected chi connectivity index (χ3v) is 4.19. The third-order valence-electron chi connectivity index (χ3n) is 4.19. The van der Waals surface area contributed by atoms with E-state index >= 15 is 0 Å². The number of hydrogen-bond acceptors (Lipinski definition) is 2. The van der Waals surface area contributed by atoms with Crippen LogP contribution in [0, 0.1) is 5.92 Å². The molecule has 1 heterocycles. The third kappa shape index (κ3) is 3.74. The maximum Gasteiger partial charge on any atom is 0.230 e. The molecule has 1 fully saturated rings. The van der Waals surface area contributed by atoms with Gasteiger partial charge in [-0.15, -0.1) is 12.4 Å². The van der Waals surface area contributed by atoms with Gasteiger partial charge in [-0.05, 0) is 24.3 Å². The molecule has 4 heteroatoms. The van der Waals surface area contributed by atoms with E-state index in [4.69, 9.17) is 5.73 Å². The van der Waals surface area contributed by atoms with Crippen LogP contribution >= 0.6 is 12.4 Å². The second kappa shape index (κ2) is 7.65. The molecule has 3 atom stereocenters. The molecule has 2 N–H and O–H groups in total. The lowest BCUT2D eigenvalue weighted by atomic mass is 9.91. The largest absolute Gasteiger partial charge is 0.342 e. The van der Waals surface area contributed by atoms with Crippen LogP contribution in [-0.2, 0) is 4.79 Å². The second-order valence-corrected chi connectivity index (χ2v) is 5.59. The van der Waals surface area contributed by atoms with Crippen LogP contribution in [0.15, 0.2) is 30.3 Å². The minimum atomic E-state index is -0.0114. The second-order valence-electron chi connectivity index (χ2n) is 5.59. The number of hydrogen-bond donors (Lipinski definition) is 1. The summed E-state index contributed by atoms with van der Waals surface area (Å²) in [4.78, 5) is 14.7. The predicted octanol–water partition coefficient (Wildman–Crippen LogP) is 2.80. The first-order chi connectivity index (χ1) is 9.13. The van der Waals surface area contributed by atoms with Gasteiger partial charge in [0.15, 0.2) is 0 Å². The smallest absolute Gasteiger partial charge is 0.230 e. The summed E-state index contributed by atoms with van der Waals surface area (Å²) in [6, 6.07) is 10.3. The summed E-state index contributed by atoms with van der Waals surface area (Å²) in [5.41, 5.74) is 7.15. The van der Waals surface area contributed by atoms with E-state index < -0.39 is 0 Å². The Labute approximate surface area is 127 Å². The number of benzene rings is 1. The van der Waals surface area contributed by atoms with Crippen LogP contribution in [0.4, 0.5) is 0 Å². The van der Waals surface area contributed by atoms with Gasteiger partial charge in [0.1, 0.15) is 0 Å². The van der Waals surface area contributed by atoms with E-state index in [9.17, 15) is 4.79 Å². The SMILES string of the molecule is CCC(C(=O)N1CCC(N)C(C)C1)c1ccccc1.Cl. The van der Waals surface area contributed by atoms with E-state index in [-0.39, 0.29) is 30.3 Å². The summed E-state index contributed by atoms with van der Waals surface area (Å²) in [5, 5.41) is 0. The molecule has 1 aliphatic heterocycles. The van der Waals surface area contributed by atoms with Gasteiger partial charge in [-0.25, -0.2) is 0 Å². The molecule has 1 aromatic carbocycles. The van der Waals surface area contributed by atoms with Crippen molar-refractivity contribution in [1.82, 2.24) is 4.90 Å². The molecular formula is C16H25ClN2O. The van der Waals surface area contributed by atoms with Crippen molar-refractivity contribution >= 4 is 18.3 Å². The van der Waals surface area contributed by atoms with Gasteiger partial charge in [-0.1, -0.05) is 44.2 Å². The Balaban J connectivity index is 0.00000200. The highest BCUT2D eigenvalue weighted by Crippen LogP contribution is 2.25. The minimum absolute atomic E-state index is 0. The quantitative estimate of drug-likeness (QED) is 0.932. The van der Waals surface area contributed by atoms with Gasteiger partial charge < -0.3 is 10.6 Å². The number of carbonyl (C=O) groups excluding carboxylic acids is 1. The predicted molar refractivity (Wildman–Crippen MR) is 85.1 cm³/mol. The fraction of sp³-hybridized carbons (Fsp3) is 0.562. The van der Waals surface area contributed by atoms with Crippen molar-refractivity contribution in [1.29, 1.82) is 0 Å². The van der Waals surface area contributed by atoms with Gasteiger partial charge in [0.05, 0.1) is 5.92 Å². The Bertz CT molecular complexity index is 424. The van der Waals surface area contributed by atoms with Crippen LogP contribution in [-0.4, -0.2) is 29.9 Å². The Hall–Kier alpha value is -1.06. The molecule has 1 aliphatic rings. The standard InChI is InChI=1S/C16H24N2O.ClH/c1-3-14(13-7-5-4-6-8-13)16(19)18-10-9-15(17)12(2)11-18;/h4-8,12,14-15H,3,9-11,17H2,1-2H3;1H. The molecule has 1 saturated heterocycles. The number of nitrogens with two attached hydrogens (primary N) is 1. The van der Waals surface area contributed by atoms with Crippen LogP contribution in [0.3, 0.4) is 0 Å². The van der Waals surface area contributed by atoms with Crippen molar-refractivity contribution in [2.45, 2.75) is 38.6 Å². The van der Waals surface area contributed by atoms with Crippen molar-refractivity contribution in [3.63, 3.8) is 0 Å². The molecule has 0 aliphatic carbocycles. The van der Waals surface area contributed by atoms with Gasteiger partial charge in [-0.2, -0.15) is 0 Å². The zero-order chi connectivity index (χ0) is 13.8. The number of piperidine rings is 1. The van der Waals surface area contributed by atoms with Crippen molar-refractivity contribution in [3.05, 3.63) is 35.9 Å². The van der Waals surface area contributed by atoms with Crippen molar-refractivity contribution in [3.8, 4) is 0 Å². The summed E-state index contributed by atoms with van der Waals surface area (Å²) < 4.78 is 0. The van der Waals surface area contributed by atoms with Crippen LogP contribution in [0.2, 0.25) is 0 Å². The molecule has 3 unspecified atom stereocenters. The van der Waals surface area contributed by atoms with Crippen LogP contribution in [0.25, 0.3) is 0 Å².